The molecular weight excluding hydrogens is 536 g/mol. The molecule has 0 aliphatic rings. The third-order valence-electron chi connectivity index (χ3n) is 6.14. The van der Waals surface area contributed by atoms with Gasteiger partial charge in [-0.15, -0.1) is 0 Å². The molecule has 3 aromatic carbocycles. The van der Waals surface area contributed by atoms with Gasteiger partial charge in [0, 0.05) is 28.8 Å². The number of sulfonamides is 1. The maximum atomic E-state index is 13.8. The lowest BCUT2D eigenvalue weighted by atomic mass is 10.1. The Morgan fingerprint density at radius 2 is 1.72 bits per heavy atom. The standard InChI is InChI=1S/C28H25ClN6O3S/c1-17(24-15-19-7-6-10-23(29)25(19)27(36)35(24)21-8-4-3-5-9-21)32-26-22(16-31-28(30)33-26)18-11-13-20(14-12-18)34-39(2,37)38/h3-17,34H,1-2H3,(H3,30,31,32,33). The molecule has 0 aliphatic heterocycles. The normalized spacial score (nSPS) is 12.3. The summed E-state index contributed by atoms with van der Waals surface area (Å²) in [5.41, 5.74) is 8.93. The van der Waals surface area contributed by atoms with Crippen molar-refractivity contribution in [2.75, 3.05) is 22.0 Å². The summed E-state index contributed by atoms with van der Waals surface area (Å²) in [6, 6.07) is 23.1. The van der Waals surface area contributed by atoms with Gasteiger partial charge in [0.15, 0.2) is 0 Å². The second-order valence-electron chi connectivity index (χ2n) is 9.06. The van der Waals surface area contributed by atoms with E-state index in [4.69, 9.17) is 17.3 Å². The summed E-state index contributed by atoms with van der Waals surface area (Å²) in [7, 11) is -3.40. The summed E-state index contributed by atoms with van der Waals surface area (Å²) in [6.45, 7) is 1.92. The number of halogens is 1. The summed E-state index contributed by atoms with van der Waals surface area (Å²) in [5, 5.41) is 4.94. The molecule has 4 N–H and O–H groups in total. The molecule has 9 nitrogen and oxygen atoms in total. The number of benzene rings is 3. The second kappa shape index (κ2) is 10.4. The number of para-hydroxylation sites is 1. The van der Waals surface area contributed by atoms with Crippen LogP contribution in [-0.2, 0) is 10.0 Å². The molecular formula is C28H25ClN6O3S. The first-order chi connectivity index (χ1) is 18.6. The van der Waals surface area contributed by atoms with E-state index >= 15 is 0 Å². The summed E-state index contributed by atoms with van der Waals surface area (Å²) in [5.74, 6) is 0.534. The van der Waals surface area contributed by atoms with E-state index in [1.165, 1.54) is 0 Å². The van der Waals surface area contributed by atoms with Crippen LogP contribution in [0.25, 0.3) is 27.6 Å². The molecule has 5 rings (SSSR count). The fourth-order valence-corrected chi connectivity index (χ4v) is 5.26. The van der Waals surface area contributed by atoms with Crippen molar-refractivity contribution in [3.05, 3.63) is 106 Å². The molecule has 2 aromatic heterocycles. The van der Waals surface area contributed by atoms with E-state index in [0.717, 1.165) is 17.2 Å². The third-order valence-corrected chi connectivity index (χ3v) is 7.06. The highest BCUT2D eigenvalue weighted by Gasteiger charge is 2.20. The third kappa shape index (κ3) is 5.57. The van der Waals surface area contributed by atoms with Crippen LogP contribution in [0.3, 0.4) is 0 Å². The Morgan fingerprint density at radius 3 is 2.41 bits per heavy atom. The van der Waals surface area contributed by atoms with E-state index in [2.05, 4.69) is 20.0 Å². The first-order valence-corrected chi connectivity index (χ1v) is 14.2. The van der Waals surface area contributed by atoms with E-state index in [0.29, 0.717) is 38.9 Å². The monoisotopic (exact) mass is 560 g/mol. The van der Waals surface area contributed by atoms with E-state index in [-0.39, 0.29) is 11.5 Å². The lowest BCUT2D eigenvalue weighted by molar-refractivity contribution is 0.607. The van der Waals surface area contributed by atoms with Gasteiger partial charge in [0.25, 0.3) is 5.56 Å². The summed E-state index contributed by atoms with van der Waals surface area (Å²) >= 11 is 6.44. The summed E-state index contributed by atoms with van der Waals surface area (Å²) < 4.78 is 27.2. The quantitative estimate of drug-likeness (QED) is 0.248. The molecule has 0 fully saturated rings. The zero-order chi connectivity index (χ0) is 27.7. The van der Waals surface area contributed by atoms with E-state index in [1.807, 2.05) is 55.5 Å². The predicted octanol–water partition coefficient (Wildman–Crippen LogP) is 5.23. The number of hydrogen-bond acceptors (Lipinski definition) is 7. The Labute approximate surface area is 230 Å². The number of nitrogens with one attached hydrogen (secondary N) is 2. The van der Waals surface area contributed by atoms with E-state index < -0.39 is 16.1 Å². The Kier molecular flexibility index (Phi) is 6.98. The molecule has 39 heavy (non-hydrogen) atoms. The van der Waals surface area contributed by atoms with Crippen molar-refractivity contribution < 1.29 is 8.42 Å². The van der Waals surface area contributed by atoms with Crippen molar-refractivity contribution in [2.24, 2.45) is 0 Å². The van der Waals surface area contributed by atoms with Crippen LogP contribution in [0.2, 0.25) is 5.02 Å². The number of aromatic nitrogens is 3. The van der Waals surface area contributed by atoms with Gasteiger partial charge in [0.1, 0.15) is 5.82 Å². The molecule has 0 aliphatic carbocycles. The first kappa shape index (κ1) is 26.2. The highest BCUT2D eigenvalue weighted by Crippen LogP contribution is 2.32. The van der Waals surface area contributed by atoms with Crippen LogP contribution in [0.5, 0.6) is 0 Å². The highest BCUT2D eigenvalue weighted by atomic mass is 35.5. The van der Waals surface area contributed by atoms with Crippen LogP contribution < -0.4 is 21.3 Å². The molecule has 0 spiro atoms. The lowest BCUT2D eigenvalue weighted by Gasteiger charge is -2.23. The van der Waals surface area contributed by atoms with Gasteiger partial charge in [0.2, 0.25) is 16.0 Å². The molecule has 198 valence electrons. The lowest BCUT2D eigenvalue weighted by Crippen LogP contribution is -2.26. The Bertz CT molecular complexity index is 1840. The number of hydrogen-bond donors (Lipinski definition) is 3. The number of pyridine rings is 1. The van der Waals surface area contributed by atoms with E-state index in [1.54, 1.807) is 41.1 Å². The topological polar surface area (TPSA) is 132 Å². The van der Waals surface area contributed by atoms with Gasteiger partial charge in [-0.25, -0.2) is 13.4 Å². The second-order valence-corrected chi connectivity index (χ2v) is 11.2. The summed E-state index contributed by atoms with van der Waals surface area (Å²) in [6.07, 6.45) is 2.69. The number of rotatable bonds is 7. The minimum atomic E-state index is -3.40. The van der Waals surface area contributed by atoms with Gasteiger partial charge in [-0.3, -0.25) is 14.1 Å². The van der Waals surface area contributed by atoms with Crippen LogP contribution in [0.1, 0.15) is 18.7 Å². The minimum Gasteiger partial charge on any atom is -0.368 e. The zero-order valence-corrected chi connectivity index (χ0v) is 22.7. The number of anilines is 3. The molecule has 0 radical (unpaired) electrons. The van der Waals surface area contributed by atoms with Gasteiger partial charge >= 0.3 is 0 Å². The van der Waals surface area contributed by atoms with Crippen molar-refractivity contribution >= 4 is 49.9 Å². The molecule has 1 unspecified atom stereocenters. The maximum Gasteiger partial charge on any atom is 0.264 e. The van der Waals surface area contributed by atoms with Crippen LogP contribution >= 0.6 is 11.6 Å². The van der Waals surface area contributed by atoms with Gasteiger partial charge < -0.3 is 11.1 Å². The average Bonchev–Trinajstić information content (AvgIpc) is 2.89. The molecule has 0 bridgehead atoms. The van der Waals surface area contributed by atoms with Crippen LogP contribution in [0, 0.1) is 0 Å². The fourth-order valence-electron chi connectivity index (χ4n) is 4.43. The SMILES string of the molecule is CC(Nc1nc(N)ncc1-c1ccc(NS(C)(=O)=O)cc1)c1cc2cccc(Cl)c2c(=O)n1-c1ccccc1. The maximum absolute atomic E-state index is 13.8. The zero-order valence-electron chi connectivity index (χ0n) is 21.1. The fraction of sp³-hybridized carbons (Fsp3) is 0.107. The van der Waals surface area contributed by atoms with E-state index in [9.17, 15) is 13.2 Å². The van der Waals surface area contributed by atoms with Gasteiger partial charge in [-0.2, -0.15) is 4.98 Å². The number of nitrogen functional groups attached to an aromatic ring is 1. The van der Waals surface area contributed by atoms with Crippen LogP contribution in [0.4, 0.5) is 17.5 Å². The summed E-state index contributed by atoms with van der Waals surface area (Å²) in [4.78, 5) is 22.3. The Morgan fingerprint density at radius 1 is 1.00 bits per heavy atom. The molecule has 2 heterocycles. The first-order valence-electron chi connectivity index (χ1n) is 12.0. The highest BCUT2D eigenvalue weighted by molar-refractivity contribution is 7.92. The van der Waals surface area contributed by atoms with Crippen molar-refractivity contribution in [3.63, 3.8) is 0 Å². The minimum absolute atomic E-state index is 0.0783. The van der Waals surface area contributed by atoms with Crippen molar-refractivity contribution in [2.45, 2.75) is 13.0 Å². The number of nitrogens with zero attached hydrogens (tertiary/aromatic N) is 3. The van der Waals surface area contributed by atoms with Crippen molar-refractivity contribution in [3.8, 4) is 16.8 Å². The Balaban J connectivity index is 1.59. The largest absolute Gasteiger partial charge is 0.368 e. The molecule has 0 amide bonds. The van der Waals surface area contributed by atoms with Crippen molar-refractivity contribution in [1.29, 1.82) is 0 Å². The average molecular weight is 561 g/mol. The van der Waals surface area contributed by atoms with Crippen LogP contribution in [0.15, 0.2) is 89.9 Å². The smallest absolute Gasteiger partial charge is 0.264 e. The molecule has 5 aromatic rings. The predicted molar refractivity (Wildman–Crippen MR) is 157 cm³/mol. The van der Waals surface area contributed by atoms with Crippen molar-refractivity contribution in [1.82, 2.24) is 14.5 Å². The van der Waals surface area contributed by atoms with Gasteiger partial charge in [0.05, 0.1) is 22.7 Å². The molecule has 0 saturated heterocycles. The number of fused-ring (bicyclic) bond motifs is 1. The molecule has 0 saturated carbocycles. The number of nitrogens with two attached hydrogens (primary N) is 1. The van der Waals surface area contributed by atoms with Gasteiger partial charge in [-0.05, 0) is 54.3 Å². The molecule has 1 atom stereocenters. The van der Waals surface area contributed by atoms with Gasteiger partial charge in [-0.1, -0.05) is 54.1 Å². The molecule has 11 heteroatoms. The Hall–Kier alpha value is -4.41. The van der Waals surface area contributed by atoms with Crippen LogP contribution in [-0.4, -0.2) is 29.2 Å².